The van der Waals surface area contributed by atoms with E-state index in [-0.39, 0.29) is 6.04 Å². The van der Waals surface area contributed by atoms with Crippen LogP contribution in [0, 0.1) is 0 Å². The molecule has 2 aromatic rings. The largest absolute Gasteiger partial charge is 0.355 e. The number of nitrogens with one attached hydrogen (secondary N) is 2. The average molecular weight is 379 g/mol. The minimum atomic E-state index is 0.113. The van der Waals surface area contributed by atoms with Gasteiger partial charge in [-0.2, -0.15) is 0 Å². The van der Waals surface area contributed by atoms with E-state index in [1.807, 2.05) is 24.3 Å². The van der Waals surface area contributed by atoms with Crippen LogP contribution in [0.4, 0.5) is 0 Å². The van der Waals surface area contributed by atoms with Crippen LogP contribution in [-0.4, -0.2) is 19.0 Å². The summed E-state index contributed by atoms with van der Waals surface area (Å²) in [5.74, 6) is 0.858. The van der Waals surface area contributed by atoms with Gasteiger partial charge in [-0.25, -0.2) is 0 Å². The minimum absolute atomic E-state index is 0.113. The van der Waals surface area contributed by atoms with Gasteiger partial charge in [0, 0.05) is 16.0 Å². The molecule has 0 aliphatic carbocycles. The molecule has 0 amide bonds. The Bertz CT molecular complexity index is 687. The highest BCUT2D eigenvalue weighted by Gasteiger charge is 2.17. The first kappa shape index (κ1) is 15.4. The molecule has 1 aliphatic heterocycles. The Kier molecular flexibility index (Phi) is 5.01. The van der Waals surface area contributed by atoms with Gasteiger partial charge in [-0.15, -0.1) is 0 Å². The molecule has 0 radical (unpaired) electrons. The first-order chi connectivity index (χ1) is 10.7. The lowest BCUT2D eigenvalue weighted by molar-refractivity contribution is 0.633. The molecule has 3 rings (SSSR count). The number of aliphatic imine (C=N–C) groups is 1. The Labute approximate surface area is 143 Å². The molecule has 0 saturated heterocycles. The number of rotatable bonds is 4. The Morgan fingerprint density at radius 2 is 2.09 bits per heavy atom. The van der Waals surface area contributed by atoms with Gasteiger partial charge in [0.1, 0.15) is 0 Å². The number of halogens is 2. The molecule has 5 heteroatoms. The van der Waals surface area contributed by atoms with Crippen LogP contribution in [0.3, 0.4) is 0 Å². The third kappa shape index (κ3) is 3.81. The molecule has 1 atom stereocenters. The monoisotopic (exact) mass is 377 g/mol. The van der Waals surface area contributed by atoms with Crippen molar-refractivity contribution in [1.29, 1.82) is 0 Å². The molecule has 114 valence electrons. The van der Waals surface area contributed by atoms with Crippen LogP contribution < -0.4 is 10.6 Å². The van der Waals surface area contributed by atoms with Crippen LogP contribution in [0.1, 0.15) is 17.2 Å². The summed E-state index contributed by atoms with van der Waals surface area (Å²) in [5, 5.41) is 7.51. The fraction of sp³-hybridized carbons (Fsp3) is 0.235. The maximum atomic E-state index is 6.16. The maximum Gasteiger partial charge on any atom is 0.191 e. The zero-order chi connectivity index (χ0) is 15.4. The topological polar surface area (TPSA) is 36.4 Å². The van der Waals surface area contributed by atoms with Crippen molar-refractivity contribution in [3.63, 3.8) is 0 Å². The van der Waals surface area contributed by atoms with Gasteiger partial charge in [-0.05, 0) is 35.7 Å². The molecule has 0 saturated carbocycles. The highest BCUT2D eigenvalue weighted by molar-refractivity contribution is 9.10. The fourth-order valence-electron chi connectivity index (χ4n) is 2.52. The van der Waals surface area contributed by atoms with Gasteiger partial charge in [-0.3, -0.25) is 4.99 Å². The van der Waals surface area contributed by atoms with Gasteiger partial charge in [-0.1, -0.05) is 57.9 Å². The number of nitrogens with zero attached hydrogens (tertiary/aromatic N) is 1. The van der Waals surface area contributed by atoms with Crippen molar-refractivity contribution in [3.05, 3.63) is 69.2 Å². The lowest BCUT2D eigenvalue weighted by Crippen LogP contribution is -2.37. The second-order valence-corrected chi connectivity index (χ2v) is 6.50. The summed E-state index contributed by atoms with van der Waals surface area (Å²) < 4.78 is 1.12. The summed E-state index contributed by atoms with van der Waals surface area (Å²) in [5.41, 5.74) is 2.40. The Balaban J connectivity index is 1.87. The van der Waals surface area contributed by atoms with Gasteiger partial charge in [0.2, 0.25) is 0 Å². The summed E-state index contributed by atoms with van der Waals surface area (Å²) >= 11 is 9.78. The van der Waals surface area contributed by atoms with Crippen LogP contribution in [0.25, 0.3) is 0 Å². The summed E-state index contributed by atoms with van der Waals surface area (Å²) in [7, 11) is 0. The van der Waals surface area contributed by atoms with E-state index in [4.69, 9.17) is 11.6 Å². The lowest BCUT2D eigenvalue weighted by atomic mass is 9.99. The normalized spacial score (nSPS) is 15.1. The maximum absolute atomic E-state index is 6.16. The summed E-state index contributed by atoms with van der Waals surface area (Å²) in [6.45, 7) is 1.71. The quantitative estimate of drug-likeness (QED) is 0.845. The van der Waals surface area contributed by atoms with Crippen molar-refractivity contribution < 1.29 is 0 Å². The zero-order valence-corrected chi connectivity index (χ0v) is 14.4. The summed E-state index contributed by atoms with van der Waals surface area (Å²) in [6.07, 6.45) is 0.850. The molecule has 2 N–H and O–H groups in total. The van der Waals surface area contributed by atoms with Crippen molar-refractivity contribution in [2.75, 3.05) is 13.1 Å². The smallest absolute Gasteiger partial charge is 0.191 e. The van der Waals surface area contributed by atoms with E-state index in [9.17, 15) is 0 Å². The molecule has 0 fully saturated rings. The molecule has 1 aliphatic rings. The first-order valence-electron chi connectivity index (χ1n) is 7.26. The third-order valence-electron chi connectivity index (χ3n) is 3.62. The van der Waals surface area contributed by atoms with E-state index in [0.717, 1.165) is 40.5 Å². The summed E-state index contributed by atoms with van der Waals surface area (Å²) in [6, 6.07) is 16.4. The Morgan fingerprint density at radius 3 is 2.82 bits per heavy atom. The standard InChI is InChI=1S/C17H17BrClN3/c18-15-7-2-1-4-12(15)11-16(22-17-20-8-9-21-17)13-5-3-6-14(19)10-13/h1-7,10,16H,8-9,11H2,(H2,20,21,22). The van der Waals surface area contributed by atoms with Crippen LogP contribution in [-0.2, 0) is 6.42 Å². The first-order valence-corrected chi connectivity index (χ1v) is 8.43. The SMILES string of the molecule is Clc1cccc(C(Cc2ccccc2Br)NC2=NCCN2)c1. The van der Waals surface area contributed by atoms with Gasteiger partial charge in [0.25, 0.3) is 0 Å². The number of guanidine groups is 1. The lowest BCUT2D eigenvalue weighted by Gasteiger charge is -2.21. The average Bonchev–Trinajstić information content (AvgIpc) is 3.02. The molecule has 3 nitrogen and oxygen atoms in total. The second-order valence-electron chi connectivity index (χ2n) is 5.20. The van der Waals surface area contributed by atoms with Crippen LogP contribution in [0.2, 0.25) is 5.02 Å². The van der Waals surface area contributed by atoms with E-state index >= 15 is 0 Å². The fourth-order valence-corrected chi connectivity index (χ4v) is 3.16. The highest BCUT2D eigenvalue weighted by Crippen LogP contribution is 2.25. The van der Waals surface area contributed by atoms with E-state index < -0.39 is 0 Å². The van der Waals surface area contributed by atoms with Crippen LogP contribution in [0.15, 0.2) is 58.0 Å². The predicted molar refractivity (Wildman–Crippen MR) is 95.5 cm³/mol. The van der Waals surface area contributed by atoms with Gasteiger partial charge < -0.3 is 10.6 Å². The van der Waals surface area contributed by atoms with Crippen molar-refractivity contribution in [1.82, 2.24) is 10.6 Å². The van der Waals surface area contributed by atoms with Crippen LogP contribution >= 0.6 is 27.5 Å². The van der Waals surface area contributed by atoms with Gasteiger partial charge >= 0.3 is 0 Å². The van der Waals surface area contributed by atoms with Crippen molar-refractivity contribution in [2.24, 2.45) is 4.99 Å². The molecular formula is C17H17BrClN3. The van der Waals surface area contributed by atoms with E-state index in [1.54, 1.807) is 0 Å². The molecule has 0 bridgehead atoms. The third-order valence-corrected chi connectivity index (χ3v) is 4.63. The minimum Gasteiger partial charge on any atom is -0.355 e. The molecule has 1 unspecified atom stereocenters. The van der Waals surface area contributed by atoms with E-state index in [1.165, 1.54) is 5.56 Å². The van der Waals surface area contributed by atoms with E-state index in [2.05, 4.69) is 55.8 Å². The van der Waals surface area contributed by atoms with Gasteiger partial charge in [0.15, 0.2) is 5.96 Å². The van der Waals surface area contributed by atoms with Gasteiger partial charge in [0.05, 0.1) is 12.6 Å². The highest BCUT2D eigenvalue weighted by atomic mass is 79.9. The molecule has 1 heterocycles. The molecule has 0 spiro atoms. The molecule has 2 aromatic carbocycles. The molecule has 0 aromatic heterocycles. The Hall–Kier alpha value is -1.52. The molecule has 22 heavy (non-hydrogen) atoms. The predicted octanol–water partition coefficient (Wildman–Crippen LogP) is 3.94. The number of hydrogen-bond donors (Lipinski definition) is 2. The van der Waals surface area contributed by atoms with Crippen molar-refractivity contribution >= 4 is 33.5 Å². The number of benzene rings is 2. The van der Waals surface area contributed by atoms with Crippen molar-refractivity contribution in [2.45, 2.75) is 12.5 Å². The number of hydrogen-bond acceptors (Lipinski definition) is 3. The van der Waals surface area contributed by atoms with Crippen LogP contribution in [0.5, 0.6) is 0 Å². The van der Waals surface area contributed by atoms with Crippen molar-refractivity contribution in [3.8, 4) is 0 Å². The second kappa shape index (κ2) is 7.16. The summed E-state index contributed by atoms with van der Waals surface area (Å²) in [4.78, 5) is 4.44. The Morgan fingerprint density at radius 1 is 1.23 bits per heavy atom. The zero-order valence-electron chi connectivity index (χ0n) is 12.0. The van der Waals surface area contributed by atoms with E-state index in [0.29, 0.717) is 0 Å². The molecular weight excluding hydrogens is 362 g/mol.